The van der Waals surface area contributed by atoms with E-state index in [1.807, 2.05) is 52.0 Å². The molecule has 2 aromatic rings. The van der Waals surface area contributed by atoms with Gasteiger partial charge in [-0.2, -0.15) is 4.28 Å². The second-order valence-electron chi connectivity index (χ2n) is 9.10. The van der Waals surface area contributed by atoms with Crippen LogP contribution < -0.4 is 15.5 Å². The first-order valence-electron chi connectivity index (χ1n) is 13.3. The third-order valence-electron chi connectivity index (χ3n) is 5.44. The highest BCUT2D eigenvalue weighted by atomic mass is 32.2. The number of aromatic nitrogens is 1. The zero-order valence-corrected chi connectivity index (χ0v) is 24.9. The van der Waals surface area contributed by atoms with E-state index < -0.39 is 0 Å². The molecule has 3 heterocycles. The second kappa shape index (κ2) is 19.7. The Hall–Kier alpha value is -3.35. The summed E-state index contributed by atoms with van der Waals surface area (Å²) in [6.07, 6.45) is 3.46. The van der Waals surface area contributed by atoms with Crippen LogP contribution in [0.5, 0.6) is 5.88 Å². The molecule has 0 radical (unpaired) electrons. The summed E-state index contributed by atoms with van der Waals surface area (Å²) in [6, 6.07) is 9.82. The van der Waals surface area contributed by atoms with E-state index >= 15 is 0 Å². The highest BCUT2D eigenvalue weighted by Gasteiger charge is 2.17. The van der Waals surface area contributed by atoms with Crippen molar-refractivity contribution >= 4 is 36.1 Å². The predicted octanol–water partition coefficient (Wildman–Crippen LogP) is 4.05. The van der Waals surface area contributed by atoms with Gasteiger partial charge in [0.05, 0.1) is 34.8 Å². The number of nitrogens with zero attached hydrogens (tertiary/aromatic N) is 2. The Morgan fingerprint density at radius 1 is 1.23 bits per heavy atom. The average Bonchev–Trinajstić information content (AvgIpc) is 3.70. The first-order valence-corrected chi connectivity index (χ1v) is 14.0. The second-order valence-corrected chi connectivity index (χ2v) is 9.84. The number of likely N-dealkylation sites (tertiary alicyclic amines) is 1. The number of allylic oxidation sites excluding steroid dienone is 1. The zero-order chi connectivity index (χ0) is 29.9. The Balaban J connectivity index is 0.000000308. The molecule has 222 valence electrons. The lowest BCUT2D eigenvalue weighted by Crippen LogP contribution is -2.19. The topological polar surface area (TPSA) is 143 Å². The van der Waals surface area contributed by atoms with Crippen molar-refractivity contribution in [2.24, 2.45) is 5.92 Å². The minimum atomic E-state index is -0.278. The van der Waals surface area contributed by atoms with E-state index in [2.05, 4.69) is 29.8 Å². The van der Waals surface area contributed by atoms with Gasteiger partial charge in [0.25, 0.3) is 5.88 Å². The van der Waals surface area contributed by atoms with Crippen molar-refractivity contribution < 1.29 is 33.0 Å². The van der Waals surface area contributed by atoms with Crippen LogP contribution in [-0.4, -0.2) is 60.1 Å². The van der Waals surface area contributed by atoms with Gasteiger partial charge in [0, 0.05) is 25.6 Å². The van der Waals surface area contributed by atoms with E-state index in [9.17, 15) is 14.4 Å². The fourth-order valence-corrected chi connectivity index (χ4v) is 4.11. The summed E-state index contributed by atoms with van der Waals surface area (Å²) in [4.78, 5) is 33.0. The third-order valence-corrected chi connectivity index (χ3v) is 6.32. The molecule has 4 rings (SSSR count). The number of aliphatic hydroxyl groups excluding tert-OH is 1. The molecule has 1 fully saturated rings. The molecule has 1 aromatic carbocycles. The number of benzene rings is 1. The monoisotopic (exact) mass is 578 g/mol. The van der Waals surface area contributed by atoms with E-state index in [0.29, 0.717) is 31.2 Å². The number of hydrogen-bond acceptors (Lipinski definition) is 10. The lowest BCUT2D eigenvalue weighted by Gasteiger charge is -2.11. The summed E-state index contributed by atoms with van der Waals surface area (Å²) < 4.78 is 15.0. The molecule has 1 unspecified atom stereocenters. The van der Waals surface area contributed by atoms with Crippen LogP contribution in [0.15, 0.2) is 40.6 Å². The minimum Gasteiger partial charge on any atom is -0.468 e. The lowest BCUT2D eigenvalue weighted by molar-refractivity contribution is -0.117. The van der Waals surface area contributed by atoms with E-state index in [1.54, 1.807) is 11.0 Å². The molecule has 3 N–H and O–H groups in total. The van der Waals surface area contributed by atoms with Gasteiger partial charge in [0.1, 0.15) is 12.4 Å². The van der Waals surface area contributed by atoms with Crippen molar-refractivity contribution in [1.29, 1.82) is 0 Å². The van der Waals surface area contributed by atoms with Crippen molar-refractivity contribution in [2.75, 3.05) is 19.7 Å². The fraction of sp³-hybridized carbons (Fsp3) is 0.500. The molecule has 0 spiro atoms. The standard InChI is InChI=1S/C12H14N2O2S.C9H13NO3.C5H9NO2.C2H6/c1-8(13-7-15)10-3-5-11(6-4-10)12-9(2)14-16-17-12;1-7(2)5-8-6-9(10-13-8)12-4-3-11;7-4-6-2-1-5(8)3-6;1-2/h3-8,14H,1-2H3,(H,13,15);3,6-7H,4-5H2,1-2H3;4-5,8H,1-3H2;1-2H3/t8-;;;/m0.../s1. The summed E-state index contributed by atoms with van der Waals surface area (Å²) in [5.41, 5.74) is 6.02. The van der Waals surface area contributed by atoms with Crippen LogP contribution in [0.1, 0.15) is 70.9 Å². The fourth-order valence-electron chi connectivity index (χ4n) is 3.46. The van der Waals surface area contributed by atoms with Crippen LogP contribution in [-0.2, 0) is 25.1 Å². The highest BCUT2D eigenvalue weighted by Crippen LogP contribution is 2.35. The van der Waals surface area contributed by atoms with Crippen LogP contribution >= 0.6 is 12.0 Å². The Morgan fingerprint density at radius 2 is 1.93 bits per heavy atom. The van der Waals surface area contributed by atoms with Crippen LogP contribution in [0, 0.1) is 5.92 Å². The van der Waals surface area contributed by atoms with Gasteiger partial charge in [-0.1, -0.05) is 52.0 Å². The van der Waals surface area contributed by atoms with Crippen LogP contribution in [0.25, 0.3) is 4.91 Å². The van der Waals surface area contributed by atoms with Crippen LogP contribution in [0.4, 0.5) is 0 Å². The zero-order valence-electron chi connectivity index (χ0n) is 24.1. The lowest BCUT2D eigenvalue weighted by atomic mass is 10.1. The molecule has 0 saturated carbocycles. The molecule has 0 bridgehead atoms. The normalized spacial score (nSPS) is 16.3. The maximum Gasteiger partial charge on any atom is 0.254 e. The number of aliphatic hydroxyl groups is 1. The number of aldehydes is 1. The highest BCUT2D eigenvalue weighted by molar-refractivity contribution is 8.04. The molecule has 2 amide bonds. The summed E-state index contributed by atoms with van der Waals surface area (Å²) in [5.74, 6) is 1.69. The molecular formula is C28H42N4O7S. The quantitative estimate of drug-likeness (QED) is 0.279. The van der Waals surface area contributed by atoms with Gasteiger partial charge in [-0.15, -0.1) is 0 Å². The van der Waals surface area contributed by atoms with Gasteiger partial charge < -0.3 is 24.6 Å². The van der Waals surface area contributed by atoms with Crippen LogP contribution in [0.3, 0.4) is 0 Å². The smallest absolute Gasteiger partial charge is 0.254 e. The molecule has 2 atom stereocenters. The molecular weight excluding hydrogens is 536 g/mol. The van der Waals surface area contributed by atoms with E-state index in [-0.39, 0.29) is 18.8 Å². The number of carbonyl (C=O) groups excluding carboxylic acids is 3. The Bertz CT molecular complexity index is 1040. The van der Waals surface area contributed by atoms with Crippen molar-refractivity contribution in [3.63, 3.8) is 0 Å². The minimum absolute atomic E-state index is 0.0215. The molecule has 11 nitrogen and oxygen atoms in total. The molecule has 12 heteroatoms. The van der Waals surface area contributed by atoms with Crippen LogP contribution in [0.2, 0.25) is 0 Å². The molecule has 40 heavy (non-hydrogen) atoms. The molecule has 2 aliphatic heterocycles. The van der Waals surface area contributed by atoms with Crippen molar-refractivity contribution in [3.05, 3.63) is 52.9 Å². The molecule has 1 aromatic heterocycles. The number of amides is 2. The largest absolute Gasteiger partial charge is 0.468 e. The van der Waals surface area contributed by atoms with Gasteiger partial charge in [0.15, 0.2) is 6.29 Å². The summed E-state index contributed by atoms with van der Waals surface area (Å²) in [5, 5.41) is 15.2. The van der Waals surface area contributed by atoms with E-state index in [1.165, 1.54) is 12.0 Å². The summed E-state index contributed by atoms with van der Waals surface area (Å²) in [7, 11) is 0. The van der Waals surface area contributed by atoms with Gasteiger partial charge >= 0.3 is 0 Å². The van der Waals surface area contributed by atoms with Gasteiger partial charge in [0.2, 0.25) is 12.8 Å². The number of carbonyl (C=O) groups is 3. The van der Waals surface area contributed by atoms with Crippen molar-refractivity contribution in [3.8, 4) is 5.88 Å². The van der Waals surface area contributed by atoms with E-state index in [0.717, 1.165) is 53.2 Å². The maximum atomic E-state index is 10.4. The number of ether oxygens (including phenoxy) is 1. The van der Waals surface area contributed by atoms with E-state index in [4.69, 9.17) is 18.7 Å². The number of rotatable bonds is 10. The summed E-state index contributed by atoms with van der Waals surface area (Å²) in [6.45, 7) is 13.4. The van der Waals surface area contributed by atoms with Gasteiger partial charge in [-0.25, -0.2) is 0 Å². The molecule has 2 aliphatic rings. The third kappa shape index (κ3) is 12.7. The number of hydrogen-bond donors (Lipinski definition) is 3. The van der Waals surface area contributed by atoms with Gasteiger partial charge in [-0.05, 0) is 42.5 Å². The number of β-amino-alcohol motifs (C(OH)–C–C–N with tert-alkyl or cyclic N) is 1. The van der Waals surface area contributed by atoms with Crippen molar-refractivity contribution in [2.45, 2.75) is 66.5 Å². The SMILES string of the molecule is CC.CC(C)Cc1cc(OCC=O)no1.CC1=C(c2ccc([C@H](C)NC=O)cc2)SON1.O=CN1CCC(O)C1. The first-order chi connectivity index (χ1) is 19.3. The molecule has 0 aliphatic carbocycles. The first kappa shape index (κ1) is 34.7. The van der Waals surface area contributed by atoms with Crippen molar-refractivity contribution in [1.82, 2.24) is 20.9 Å². The molecule has 1 saturated heterocycles. The Labute approximate surface area is 240 Å². The predicted molar refractivity (Wildman–Crippen MR) is 155 cm³/mol. The number of hydroxylamine groups is 1. The average molecular weight is 579 g/mol. The summed E-state index contributed by atoms with van der Waals surface area (Å²) >= 11 is 1.32. The Kier molecular flexibility index (Phi) is 17.1. The van der Waals surface area contributed by atoms with Gasteiger partial charge in [-0.3, -0.25) is 19.9 Å². The number of nitrogens with one attached hydrogen (secondary N) is 2. The maximum absolute atomic E-state index is 10.4. The Morgan fingerprint density at radius 3 is 2.40 bits per heavy atom.